The molecule has 50 valence electrons. The van der Waals surface area contributed by atoms with Gasteiger partial charge in [-0.1, -0.05) is 39.6 Å². The zero-order valence-corrected chi connectivity index (χ0v) is 6.86. The summed E-state index contributed by atoms with van der Waals surface area (Å²) in [6.45, 7) is 0. The van der Waals surface area contributed by atoms with Crippen molar-refractivity contribution < 1.29 is 4.39 Å². The predicted molar refractivity (Wildman–Crippen MR) is 44.4 cm³/mol. The first-order valence-electron chi connectivity index (χ1n) is 2.84. The Kier molecular flexibility index (Phi) is 2.49. The molecule has 0 amide bonds. The molecule has 0 saturated carbocycles. The smallest absolute Gasteiger partial charge is 0.120 e. The number of rotatable bonds is 1. The number of alkyl halides is 1. The van der Waals surface area contributed by atoms with Gasteiger partial charge in [0.05, 0.1) is 0 Å². The maximum absolute atomic E-state index is 12.8. The second-order valence-electron chi connectivity index (χ2n) is 1.95. The molecule has 0 aromatic heterocycles. The quantitative estimate of drug-likeness (QED) is 0.474. The molecule has 0 spiro atoms. The van der Waals surface area contributed by atoms with E-state index in [2.05, 4.69) is 15.9 Å². The van der Waals surface area contributed by atoms with Crippen LogP contribution in [0.15, 0.2) is 18.2 Å². The van der Waals surface area contributed by atoms with E-state index in [1.165, 1.54) is 0 Å². The monoisotopic (exact) mass is 198 g/mol. The van der Waals surface area contributed by atoms with Crippen LogP contribution in [0.3, 0.4) is 0 Å². The van der Waals surface area contributed by atoms with Crippen LogP contribution in [0.2, 0.25) is 0 Å². The molecule has 1 aromatic rings. The van der Waals surface area contributed by atoms with Gasteiger partial charge in [0.1, 0.15) is 13.7 Å². The second-order valence-corrected chi connectivity index (χ2v) is 2.51. The Bertz CT molecular complexity index is 237. The lowest BCUT2D eigenvalue weighted by molar-refractivity contribution is 0.626. The highest BCUT2D eigenvalue weighted by molar-refractivity contribution is 9.08. The average molecular weight is 199 g/mol. The third-order valence-electron chi connectivity index (χ3n) is 1.25. The summed E-state index contributed by atoms with van der Waals surface area (Å²) in [5.41, 5.74) is 0.803. The van der Waals surface area contributed by atoms with E-state index in [1.54, 1.807) is 18.2 Å². The maximum Gasteiger partial charge on any atom is 0.120 e. The van der Waals surface area contributed by atoms with Crippen molar-refractivity contribution >= 4 is 29.2 Å². The fraction of sp³-hybridized carbons (Fsp3) is 0.143. The summed E-state index contributed by atoms with van der Waals surface area (Å²) in [4.78, 5) is 0. The standard InChI is InChI=1S/C7H5BBrF/c8-6-3-1-2-5(4-9)7(6)10/h1-3H,4H2. The minimum atomic E-state index is -0.320. The Morgan fingerprint density at radius 2 is 2.20 bits per heavy atom. The van der Waals surface area contributed by atoms with E-state index in [0.29, 0.717) is 10.9 Å². The molecule has 0 aliphatic carbocycles. The molecule has 0 atom stereocenters. The van der Waals surface area contributed by atoms with Crippen LogP contribution in [-0.2, 0) is 5.33 Å². The molecule has 1 rings (SSSR count). The van der Waals surface area contributed by atoms with Gasteiger partial charge in [0.25, 0.3) is 0 Å². The Morgan fingerprint density at radius 1 is 1.50 bits per heavy atom. The first kappa shape index (κ1) is 7.80. The zero-order chi connectivity index (χ0) is 7.56. The van der Waals surface area contributed by atoms with E-state index in [0.717, 1.165) is 0 Å². The van der Waals surface area contributed by atoms with Crippen molar-refractivity contribution in [3.8, 4) is 0 Å². The summed E-state index contributed by atoms with van der Waals surface area (Å²) < 4.78 is 12.8. The van der Waals surface area contributed by atoms with Crippen LogP contribution in [0, 0.1) is 5.82 Å². The fourth-order valence-corrected chi connectivity index (χ4v) is 1.14. The molecule has 0 aliphatic rings. The Labute approximate surface area is 69.0 Å². The Hall–Kier alpha value is -0.305. The highest BCUT2D eigenvalue weighted by Gasteiger charge is 2.00. The molecule has 0 unspecified atom stereocenters. The topological polar surface area (TPSA) is 0 Å². The normalized spacial score (nSPS) is 9.80. The van der Waals surface area contributed by atoms with Crippen LogP contribution in [0.4, 0.5) is 4.39 Å². The SMILES string of the molecule is [B]c1cccc(CBr)c1F. The second kappa shape index (κ2) is 3.19. The molecule has 0 fully saturated rings. The van der Waals surface area contributed by atoms with E-state index in [4.69, 9.17) is 7.85 Å². The summed E-state index contributed by atoms with van der Waals surface area (Å²) in [6, 6.07) is 4.97. The minimum absolute atomic E-state index is 0.206. The van der Waals surface area contributed by atoms with Crippen molar-refractivity contribution in [3.05, 3.63) is 29.6 Å². The van der Waals surface area contributed by atoms with Crippen molar-refractivity contribution in [1.82, 2.24) is 0 Å². The van der Waals surface area contributed by atoms with Crippen molar-refractivity contribution in [2.45, 2.75) is 5.33 Å². The van der Waals surface area contributed by atoms with Gasteiger partial charge in [-0.25, -0.2) is 4.39 Å². The van der Waals surface area contributed by atoms with Crippen LogP contribution in [0.5, 0.6) is 0 Å². The van der Waals surface area contributed by atoms with E-state index in [1.807, 2.05) is 0 Å². The number of hydrogen-bond donors (Lipinski definition) is 0. The third kappa shape index (κ3) is 1.40. The van der Waals surface area contributed by atoms with Crippen molar-refractivity contribution in [1.29, 1.82) is 0 Å². The third-order valence-corrected chi connectivity index (χ3v) is 1.86. The average Bonchev–Trinajstić information content (AvgIpc) is 1.95. The molecule has 3 heteroatoms. The number of hydrogen-bond acceptors (Lipinski definition) is 0. The van der Waals surface area contributed by atoms with Gasteiger partial charge >= 0.3 is 0 Å². The molecule has 2 radical (unpaired) electrons. The largest absolute Gasteiger partial charge is 0.207 e. The molecule has 0 nitrogen and oxygen atoms in total. The summed E-state index contributed by atoms with van der Waals surface area (Å²) in [5, 5.41) is 0.504. The Morgan fingerprint density at radius 3 is 2.70 bits per heavy atom. The van der Waals surface area contributed by atoms with Gasteiger partial charge in [-0.2, -0.15) is 0 Å². The highest BCUT2D eigenvalue weighted by atomic mass is 79.9. The van der Waals surface area contributed by atoms with Gasteiger partial charge in [-0.3, -0.25) is 0 Å². The van der Waals surface area contributed by atoms with E-state index >= 15 is 0 Å². The lowest BCUT2D eigenvalue weighted by Crippen LogP contribution is -2.09. The number of benzene rings is 1. The molecule has 0 aliphatic heterocycles. The van der Waals surface area contributed by atoms with Gasteiger partial charge in [-0.05, 0) is 5.56 Å². The lowest BCUT2D eigenvalue weighted by Gasteiger charge is -2.00. The van der Waals surface area contributed by atoms with Crippen LogP contribution in [0.1, 0.15) is 5.56 Å². The van der Waals surface area contributed by atoms with Crippen molar-refractivity contribution in [2.75, 3.05) is 0 Å². The first-order chi connectivity index (χ1) is 4.75. The van der Waals surface area contributed by atoms with Gasteiger partial charge in [0, 0.05) is 5.33 Å². The molecule has 10 heavy (non-hydrogen) atoms. The lowest BCUT2D eigenvalue weighted by atomic mass is 9.94. The predicted octanol–water partition coefficient (Wildman–Crippen LogP) is 1.51. The Balaban J connectivity index is 3.14. The van der Waals surface area contributed by atoms with Crippen LogP contribution >= 0.6 is 15.9 Å². The van der Waals surface area contributed by atoms with Gasteiger partial charge in [-0.15, -0.1) is 0 Å². The molecule has 0 saturated heterocycles. The van der Waals surface area contributed by atoms with E-state index in [9.17, 15) is 4.39 Å². The van der Waals surface area contributed by atoms with E-state index < -0.39 is 0 Å². The summed E-state index contributed by atoms with van der Waals surface area (Å²) >= 11 is 3.15. The van der Waals surface area contributed by atoms with Gasteiger partial charge in [0.15, 0.2) is 0 Å². The molecular formula is C7H5BBrF. The molecule has 0 bridgehead atoms. The summed E-state index contributed by atoms with van der Waals surface area (Å²) in [7, 11) is 5.30. The molecule has 0 heterocycles. The van der Waals surface area contributed by atoms with Crippen molar-refractivity contribution in [2.24, 2.45) is 0 Å². The van der Waals surface area contributed by atoms with Gasteiger partial charge in [0.2, 0.25) is 0 Å². The van der Waals surface area contributed by atoms with Crippen LogP contribution in [0.25, 0.3) is 0 Å². The molecule has 0 N–H and O–H groups in total. The minimum Gasteiger partial charge on any atom is -0.207 e. The zero-order valence-electron chi connectivity index (χ0n) is 5.27. The van der Waals surface area contributed by atoms with Crippen LogP contribution < -0.4 is 5.46 Å². The van der Waals surface area contributed by atoms with Crippen LogP contribution in [-0.4, -0.2) is 7.85 Å². The highest BCUT2D eigenvalue weighted by Crippen LogP contribution is 2.07. The molecular weight excluding hydrogens is 194 g/mol. The maximum atomic E-state index is 12.8. The summed E-state index contributed by atoms with van der Waals surface area (Å²) in [6.07, 6.45) is 0. The molecule has 1 aromatic carbocycles. The van der Waals surface area contributed by atoms with Crippen molar-refractivity contribution in [3.63, 3.8) is 0 Å². The summed E-state index contributed by atoms with van der Waals surface area (Å²) in [5.74, 6) is -0.320. The number of halogens is 2. The van der Waals surface area contributed by atoms with Gasteiger partial charge < -0.3 is 0 Å². The first-order valence-corrected chi connectivity index (χ1v) is 3.96. The van der Waals surface area contributed by atoms with E-state index in [-0.39, 0.29) is 11.3 Å². The fourth-order valence-electron chi connectivity index (χ4n) is 0.703.